The van der Waals surface area contributed by atoms with Gasteiger partial charge in [0.15, 0.2) is 0 Å². The highest BCUT2D eigenvalue weighted by atomic mass is 16.5. The average Bonchev–Trinajstić information content (AvgIpc) is 2.86. The van der Waals surface area contributed by atoms with Gasteiger partial charge < -0.3 is 4.74 Å². The molecule has 0 atom stereocenters. The van der Waals surface area contributed by atoms with Crippen LogP contribution in [0.1, 0.15) is 0 Å². The minimum absolute atomic E-state index is 0.869. The fraction of sp³-hybridized carbons (Fsp3) is 0.0714. The Balaban J connectivity index is 2.06. The van der Waals surface area contributed by atoms with Crippen molar-refractivity contribution in [3.05, 3.63) is 54.9 Å². The first kappa shape index (κ1) is 9.90. The summed E-state index contributed by atoms with van der Waals surface area (Å²) in [5.74, 6) is 0.869. The van der Waals surface area contributed by atoms with Crippen LogP contribution in [-0.4, -0.2) is 16.7 Å². The van der Waals surface area contributed by atoms with Crippen LogP contribution < -0.4 is 4.74 Å². The second-order valence-corrected chi connectivity index (χ2v) is 3.85. The molecule has 1 aromatic carbocycles. The normalized spacial score (nSPS) is 10.6. The Morgan fingerprint density at radius 1 is 0.941 bits per heavy atom. The van der Waals surface area contributed by atoms with E-state index in [0.717, 1.165) is 22.4 Å². The van der Waals surface area contributed by atoms with E-state index in [0.29, 0.717) is 0 Å². The molecule has 2 heterocycles. The van der Waals surface area contributed by atoms with E-state index in [1.807, 2.05) is 41.0 Å². The molecule has 0 fully saturated rings. The van der Waals surface area contributed by atoms with Gasteiger partial charge in [0.2, 0.25) is 0 Å². The number of benzene rings is 1. The number of hydrogen-bond acceptors (Lipinski definition) is 2. The molecule has 0 aliphatic rings. The van der Waals surface area contributed by atoms with Crippen LogP contribution >= 0.6 is 0 Å². The molecule has 0 radical (unpaired) electrons. The largest absolute Gasteiger partial charge is 0.497 e. The van der Waals surface area contributed by atoms with E-state index in [9.17, 15) is 0 Å². The summed E-state index contributed by atoms with van der Waals surface area (Å²) in [6.45, 7) is 0. The summed E-state index contributed by atoms with van der Waals surface area (Å²) in [5, 5.41) is 4.23. The number of rotatable bonds is 2. The van der Waals surface area contributed by atoms with Crippen molar-refractivity contribution < 1.29 is 4.74 Å². The van der Waals surface area contributed by atoms with E-state index < -0.39 is 0 Å². The van der Waals surface area contributed by atoms with E-state index >= 15 is 0 Å². The van der Waals surface area contributed by atoms with Crippen molar-refractivity contribution in [3.8, 4) is 16.9 Å². The third-order valence-corrected chi connectivity index (χ3v) is 2.82. The molecule has 0 saturated carbocycles. The van der Waals surface area contributed by atoms with Gasteiger partial charge in [0.25, 0.3) is 0 Å². The molecule has 0 spiro atoms. The molecule has 3 rings (SSSR count). The standard InChI is InChI=1S/C14H12N2O/c1-17-14-6-3-11(4-7-14)12-2-5-13-8-9-15-16(13)10-12/h2-10H,1H3. The topological polar surface area (TPSA) is 26.5 Å². The third kappa shape index (κ3) is 1.76. The van der Waals surface area contributed by atoms with Gasteiger partial charge in [0.05, 0.1) is 12.6 Å². The summed E-state index contributed by atoms with van der Waals surface area (Å²) in [6.07, 6.45) is 3.82. The predicted molar refractivity (Wildman–Crippen MR) is 67.2 cm³/mol. The Hall–Kier alpha value is -2.29. The second-order valence-electron chi connectivity index (χ2n) is 3.85. The summed E-state index contributed by atoms with van der Waals surface area (Å²) >= 11 is 0. The van der Waals surface area contributed by atoms with Crippen LogP contribution in [0, 0.1) is 0 Å². The van der Waals surface area contributed by atoms with Gasteiger partial charge in [0.1, 0.15) is 5.75 Å². The molecule has 0 bridgehead atoms. The molecule has 0 N–H and O–H groups in total. The molecule has 0 aliphatic carbocycles. The zero-order chi connectivity index (χ0) is 11.7. The Bertz CT molecular complexity index is 641. The molecule has 17 heavy (non-hydrogen) atoms. The second kappa shape index (κ2) is 3.94. The van der Waals surface area contributed by atoms with Crippen molar-refractivity contribution in [2.24, 2.45) is 0 Å². The van der Waals surface area contributed by atoms with Gasteiger partial charge in [0, 0.05) is 18.0 Å². The van der Waals surface area contributed by atoms with Crippen LogP contribution in [0.3, 0.4) is 0 Å². The van der Waals surface area contributed by atoms with E-state index in [-0.39, 0.29) is 0 Å². The monoisotopic (exact) mass is 224 g/mol. The Morgan fingerprint density at radius 3 is 2.47 bits per heavy atom. The molecule has 3 nitrogen and oxygen atoms in total. The van der Waals surface area contributed by atoms with Crippen LogP contribution in [0.4, 0.5) is 0 Å². The minimum atomic E-state index is 0.869. The van der Waals surface area contributed by atoms with E-state index in [1.165, 1.54) is 0 Å². The summed E-state index contributed by atoms with van der Waals surface area (Å²) in [7, 11) is 1.67. The number of pyridine rings is 1. The lowest BCUT2D eigenvalue weighted by atomic mass is 10.1. The van der Waals surface area contributed by atoms with E-state index in [4.69, 9.17) is 4.74 Å². The number of hydrogen-bond donors (Lipinski definition) is 0. The minimum Gasteiger partial charge on any atom is -0.497 e. The van der Waals surface area contributed by atoms with Crippen LogP contribution in [-0.2, 0) is 0 Å². The predicted octanol–water partition coefficient (Wildman–Crippen LogP) is 3.01. The number of aromatic nitrogens is 2. The fourth-order valence-electron chi connectivity index (χ4n) is 1.87. The Kier molecular flexibility index (Phi) is 2.29. The maximum absolute atomic E-state index is 5.15. The molecule has 2 aromatic heterocycles. The quantitative estimate of drug-likeness (QED) is 0.669. The highest BCUT2D eigenvalue weighted by Gasteiger charge is 2.00. The summed E-state index contributed by atoms with van der Waals surface area (Å²) in [5.41, 5.74) is 3.40. The molecule has 0 amide bonds. The number of nitrogens with zero attached hydrogens (tertiary/aromatic N) is 2. The molecule has 3 aromatic rings. The smallest absolute Gasteiger partial charge is 0.118 e. The number of ether oxygens (including phenoxy) is 1. The summed E-state index contributed by atoms with van der Waals surface area (Å²) in [4.78, 5) is 0. The van der Waals surface area contributed by atoms with Crippen molar-refractivity contribution in [1.29, 1.82) is 0 Å². The maximum atomic E-state index is 5.15. The van der Waals surface area contributed by atoms with Crippen molar-refractivity contribution in [2.45, 2.75) is 0 Å². The number of fused-ring (bicyclic) bond motifs is 1. The average molecular weight is 224 g/mol. The maximum Gasteiger partial charge on any atom is 0.118 e. The first-order chi connectivity index (χ1) is 8.36. The Morgan fingerprint density at radius 2 is 1.71 bits per heavy atom. The van der Waals surface area contributed by atoms with Gasteiger partial charge in [-0.25, -0.2) is 4.52 Å². The van der Waals surface area contributed by atoms with Gasteiger partial charge in [-0.1, -0.05) is 18.2 Å². The molecular weight excluding hydrogens is 212 g/mol. The van der Waals surface area contributed by atoms with Crippen molar-refractivity contribution >= 4 is 5.52 Å². The van der Waals surface area contributed by atoms with Gasteiger partial charge in [-0.05, 0) is 29.8 Å². The zero-order valence-electron chi connectivity index (χ0n) is 9.50. The zero-order valence-corrected chi connectivity index (χ0v) is 9.50. The number of methoxy groups -OCH3 is 1. The third-order valence-electron chi connectivity index (χ3n) is 2.82. The first-order valence-electron chi connectivity index (χ1n) is 5.45. The van der Waals surface area contributed by atoms with E-state index in [2.05, 4.69) is 17.2 Å². The lowest BCUT2D eigenvalue weighted by molar-refractivity contribution is 0.415. The van der Waals surface area contributed by atoms with Crippen LogP contribution in [0.2, 0.25) is 0 Å². The van der Waals surface area contributed by atoms with Crippen LogP contribution in [0.15, 0.2) is 54.9 Å². The van der Waals surface area contributed by atoms with Crippen molar-refractivity contribution in [1.82, 2.24) is 9.61 Å². The lowest BCUT2D eigenvalue weighted by Crippen LogP contribution is -1.88. The molecule has 84 valence electrons. The molecular formula is C14H12N2O. The first-order valence-corrected chi connectivity index (χ1v) is 5.45. The van der Waals surface area contributed by atoms with E-state index in [1.54, 1.807) is 13.3 Å². The van der Waals surface area contributed by atoms with Gasteiger partial charge >= 0.3 is 0 Å². The molecule has 3 heteroatoms. The summed E-state index contributed by atoms with van der Waals surface area (Å²) in [6, 6.07) is 14.2. The SMILES string of the molecule is COc1ccc(-c2ccc3ccnn3c2)cc1. The Labute approximate surface area is 99.3 Å². The fourth-order valence-corrected chi connectivity index (χ4v) is 1.87. The van der Waals surface area contributed by atoms with Crippen molar-refractivity contribution in [2.75, 3.05) is 7.11 Å². The van der Waals surface area contributed by atoms with Gasteiger partial charge in [-0.15, -0.1) is 0 Å². The van der Waals surface area contributed by atoms with Gasteiger partial charge in [-0.2, -0.15) is 5.10 Å². The molecule has 0 unspecified atom stereocenters. The highest BCUT2D eigenvalue weighted by Crippen LogP contribution is 2.22. The van der Waals surface area contributed by atoms with Crippen LogP contribution in [0.25, 0.3) is 16.6 Å². The lowest BCUT2D eigenvalue weighted by Gasteiger charge is -2.04. The highest BCUT2D eigenvalue weighted by molar-refractivity contribution is 5.65. The van der Waals surface area contributed by atoms with Crippen LogP contribution in [0.5, 0.6) is 5.75 Å². The molecule has 0 aliphatic heterocycles. The molecule has 0 saturated heterocycles. The van der Waals surface area contributed by atoms with Gasteiger partial charge in [-0.3, -0.25) is 0 Å². The van der Waals surface area contributed by atoms with Crippen molar-refractivity contribution in [3.63, 3.8) is 0 Å². The summed E-state index contributed by atoms with van der Waals surface area (Å²) < 4.78 is 7.02.